The third-order valence-corrected chi connectivity index (χ3v) is 4.91. The van der Waals surface area contributed by atoms with Gasteiger partial charge in [-0.3, -0.25) is 9.88 Å². The zero-order valence-corrected chi connectivity index (χ0v) is 14.8. The third kappa shape index (κ3) is 2.78. The number of ether oxygens (including phenoxy) is 1. The summed E-state index contributed by atoms with van der Waals surface area (Å²) >= 11 is 0. The molecule has 1 aliphatic carbocycles. The fourth-order valence-corrected chi connectivity index (χ4v) is 3.51. The maximum absolute atomic E-state index is 12.4. The molecule has 130 valence electrons. The van der Waals surface area contributed by atoms with Crippen LogP contribution in [-0.4, -0.2) is 29.1 Å². The Morgan fingerprint density at radius 3 is 2.50 bits per heavy atom. The highest BCUT2D eigenvalue weighted by molar-refractivity contribution is 5.89. The van der Waals surface area contributed by atoms with Gasteiger partial charge in [-0.15, -0.1) is 0 Å². The molecule has 1 aromatic heterocycles. The van der Waals surface area contributed by atoms with Gasteiger partial charge in [0, 0.05) is 17.3 Å². The van der Waals surface area contributed by atoms with Gasteiger partial charge in [-0.1, -0.05) is 48.5 Å². The van der Waals surface area contributed by atoms with E-state index in [-0.39, 0.29) is 18.2 Å². The summed E-state index contributed by atoms with van der Waals surface area (Å²) in [6.07, 6.45) is 1.43. The Bertz CT molecular complexity index is 894. The van der Waals surface area contributed by atoms with E-state index < -0.39 is 0 Å². The minimum Gasteiger partial charge on any atom is -0.443 e. The summed E-state index contributed by atoms with van der Waals surface area (Å²) in [5.74, 6) is -0.317. The molecule has 0 saturated heterocycles. The number of esters is 1. The highest BCUT2D eigenvalue weighted by atomic mass is 16.6. The zero-order valence-electron chi connectivity index (χ0n) is 14.8. The molecule has 2 unspecified atom stereocenters. The number of hydrogen-bond donors (Lipinski definition) is 0. The Kier molecular flexibility index (Phi) is 4.27. The largest absolute Gasteiger partial charge is 0.443 e. The Morgan fingerprint density at radius 2 is 1.69 bits per heavy atom. The van der Waals surface area contributed by atoms with E-state index in [1.807, 2.05) is 56.6 Å². The molecule has 0 fully saturated rings. The molecule has 2 atom stereocenters. The minimum atomic E-state index is -0.382. The van der Waals surface area contributed by atoms with Gasteiger partial charge < -0.3 is 4.74 Å². The van der Waals surface area contributed by atoms with Crippen LogP contribution in [0.25, 0.3) is 11.3 Å². The molecule has 26 heavy (non-hydrogen) atoms. The molecule has 4 nitrogen and oxygen atoms in total. The zero-order chi connectivity index (χ0) is 18.1. The first-order valence-electron chi connectivity index (χ1n) is 8.69. The van der Waals surface area contributed by atoms with Crippen LogP contribution in [0, 0.1) is 0 Å². The predicted octanol–water partition coefficient (Wildman–Crippen LogP) is 4.29. The number of benzene rings is 2. The monoisotopic (exact) mass is 344 g/mol. The molecule has 2 aromatic carbocycles. The number of hydrogen-bond acceptors (Lipinski definition) is 4. The number of rotatable bonds is 4. The van der Waals surface area contributed by atoms with E-state index in [9.17, 15) is 4.79 Å². The summed E-state index contributed by atoms with van der Waals surface area (Å²) in [5, 5.41) is 0. The Balaban J connectivity index is 1.62. The Morgan fingerprint density at radius 1 is 1.00 bits per heavy atom. The normalized spacial score (nSPS) is 16.0. The average Bonchev–Trinajstić information content (AvgIpc) is 3.02. The van der Waals surface area contributed by atoms with Crippen molar-refractivity contribution in [2.75, 3.05) is 7.05 Å². The van der Waals surface area contributed by atoms with Gasteiger partial charge in [0.25, 0.3) is 0 Å². The summed E-state index contributed by atoms with van der Waals surface area (Å²) in [4.78, 5) is 19.0. The van der Waals surface area contributed by atoms with Crippen molar-refractivity contribution in [3.05, 3.63) is 89.6 Å². The molecule has 0 N–H and O–H groups in total. The van der Waals surface area contributed by atoms with E-state index in [0.29, 0.717) is 5.56 Å². The Labute approximate surface area is 153 Å². The van der Waals surface area contributed by atoms with Gasteiger partial charge in [-0.05, 0) is 37.7 Å². The van der Waals surface area contributed by atoms with Gasteiger partial charge in [-0.25, -0.2) is 4.79 Å². The number of fused-ring (bicyclic) bond motifs is 3. The van der Waals surface area contributed by atoms with Gasteiger partial charge in [0.15, 0.2) is 6.23 Å². The minimum absolute atomic E-state index is 0.00785. The molecule has 0 amide bonds. The van der Waals surface area contributed by atoms with Crippen molar-refractivity contribution in [3.63, 3.8) is 0 Å². The van der Waals surface area contributed by atoms with Crippen LogP contribution in [0.5, 0.6) is 0 Å². The van der Waals surface area contributed by atoms with E-state index in [1.54, 1.807) is 12.1 Å². The lowest BCUT2D eigenvalue weighted by Crippen LogP contribution is -2.36. The second kappa shape index (κ2) is 6.73. The molecule has 0 saturated carbocycles. The second-order valence-corrected chi connectivity index (χ2v) is 6.47. The fraction of sp³-hybridized carbons (Fsp3) is 0.182. The van der Waals surface area contributed by atoms with Gasteiger partial charge in [-0.2, -0.15) is 0 Å². The standard InChI is InChI=1S/C22H20N2O2/c1-15(26-22(25)16-9-4-3-5-10-16)24(2)21-18-12-7-6-11-17(18)20-19(21)13-8-14-23-20/h3-15,21H,1-2H3. The second-order valence-electron chi connectivity index (χ2n) is 6.47. The molecule has 0 aliphatic heterocycles. The van der Waals surface area contributed by atoms with Crippen molar-refractivity contribution in [3.8, 4) is 11.3 Å². The summed E-state index contributed by atoms with van der Waals surface area (Å²) in [6, 6.07) is 21.4. The number of nitrogens with zero attached hydrogens (tertiary/aromatic N) is 2. The Hall–Kier alpha value is -2.98. The maximum Gasteiger partial charge on any atom is 0.339 e. The molecule has 0 spiro atoms. The van der Waals surface area contributed by atoms with E-state index in [1.165, 1.54) is 5.56 Å². The molecular weight excluding hydrogens is 324 g/mol. The van der Waals surface area contributed by atoms with E-state index in [4.69, 9.17) is 4.74 Å². The van der Waals surface area contributed by atoms with Crippen molar-refractivity contribution in [2.45, 2.75) is 19.2 Å². The summed E-state index contributed by atoms with van der Waals surface area (Å²) in [6.45, 7) is 1.90. The fourth-order valence-electron chi connectivity index (χ4n) is 3.51. The smallest absolute Gasteiger partial charge is 0.339 e. The lowest BCUT2D eigenvalue weighted by molar-refractivity contribution is -0.0234. The summed E-state index contributed by atoms with van der Waals surface area (Å²) in [7, 11) is 1.98. The molecule has 4 heteroatoms. The van der Waals surface area contributed by atoms with Crippen LogP contribution in [-0.2, 0) is 4.74 Å². The average molecular weight is 344 g/mol. The highest BCUT2D eigenvalue weighted by Crippen LogP contribution is 2.45. The van der Waals surface area contributed by atoms with E-state index >= 15 is 0 Å². The number of aromatic nitrogens is 1. The molecule has 1 heterocycles. The van der Waals surface area contributed by atoms with Crippen LogP contribution in [0.2, 0.25) is 0 Å². The third-order valence-electron chi connectivity index (χ3n) is 4.91. The lowest BCUT2D eigenvalue weighted by Gasteiger charge is -2.31. The van der Waals surface area contributed by atoms with Crippen molar-refractivity contribution < 1.29 is 9.53 Å². The first kappa shape index (κ1) is 16.5. The van der Waals surface area contributed by atoms with E-state index in [2.05, 4.69) is 28.1 Å². The van der Waals surface area contributed by atoms with Crippen molar-refractivity contribution in [1.29, 1.82) is 0 Å². The topological polar surface area (TPSA) is 42.4 Å². The highest BCUT2D eigenvalue weighted by Gasteiger charge is 2.34. The van der Waals surface area contributed by atoms with Gasteiger partial charge >= 0.3 is 5.97 Å². The van der Waals surface area contributed by atoms with Gasteiger partial charge in [0.2, 0.25) is 0 Å². The predicted molar refractivity (Wildman–Crippen MR) is 101 cm³/mol. The van der Waals surface area contributed by atoms with Crippen LogP contribution in [0.15, 0.2) is 72.9 Å². The van der Waals surface area contributed by atoms with Crippen LogP contribution in [0.4, 0.5) is 0 Å². The SMILES string of the molecule is CC(OC(=O)c1ccccc1)N(C)C1c2ccccc2-c2ncccc21. The van der Waals surface area contributed by atoms with Crippen molar-refractivity contribution in [2.24, 2.45) is 0 Å². The van der Waals surface area contributed by atoms with E-state index in [0.717, 1.165) is 16.8 Å². The maximum atomic E-state index is 12.4. The molecule has 1 aliphatic rings. The summed E-state index contributed by atoms with van der Waals surface area (Å²) in [5.41, 5.74) is 5.02. The van der Waals surface area contributed by atoms with Crippen molar-refractivity contribution in [1.82, 2.24) is 9.88 Å². The molecular formula is C22H20N2O2. The van der Waals surface area contributed by atoms with Gasteiger partial charge in [0.05, 0.1) is 17.3 Å². The van der Waals surface area contributed by atoms with Crippen LogP contribution in [0.1, 0.15) is 34.5 Å². The number of pyridine rings is 1. The van der Waals surface area contributed by atoms with Crippen molar-refractivity contribution >= 4 is 5.97 Å². The molecule has 4 rings (SSSR count). The number of carbonyl (C=O) groups is 1. The molecule has 0 bridgehead atoms. The quantitative estimate of drug-likeness (QED) is 0.523. The lowest BCUT2D eigenvalue weighted by atomic mass is 10.0. The molecule has 3 aromatic rings. The molecule has 0 radical (unpaired) electrons. The summed E-state index contributed by atoms with van der Waals surface area (Å²) < 4.78 is 5.71. The first-order chi connectivity index (χ1) is 12.7. The van der Waals surface area contributed by atoms with Crippen LogP contribution in [0.3, 0.4) is 0 Å². The first-order valence-corrected chi connectivity index (χ1v) is 8.69. The van der Waals surface area contributed by atoms with Gasteiger partial charge in [0.1, 0.15) is 0 Å². The van der Waals surface area contributed by atoms with Crippen LogP contribution >= 0.6 is 0 Å². The number of carbonyl (C=O) groups excluding carboxylic acids is 1. The van der Waals surface area contributed by atoms with Crippen LogP contribution < -0.4 is 0 Å².